The summed E-state index contributed by atoms with van der Waals surface area (Å²) in [5, 5.41) is 0. The molecule has 0 spiro atoms. The molecule has 0 aromatic carbocycles. The van der Waals surface area contributed by atoms with Gasteiger partial charge in [-0.1, -0.05) is 12.2 Å². The summed E-state index contributed by atoms with van der Waals surface area (Å²) in [6.45, 7) is 3.86. The molecule has 0 aromatic rings. The van der Waals surface area contributed by atoms with Crippen molar-refractivity contribution in [1.82, 2.24) is 0 Å². The van der Waals surface area contributed by atoms with Crippen LogP contribution in [-0.2, 0) is 0 Å². The van der Waals surface area contributed by atoms with Crippen LogP contribution in [0.5, 0.6) is 0 Å². The van der Waals surface area contributed by atoms with Gasteiger partial charge < -0.3 is 0 Å². The van der Waals surface area contributed by atoms with E-state index in [1.807, 2.05) is 26.0 Å². The van der Waals surface area contributed by atoms with Crippen molar-refractivity contribution in [3.63, 3.8) is 0 Å². The summed E-state index contributed by atoms with van der Waals surface area (Å²) in [6, 6.07) is 0. The first-order chi connectivity index (χ1) is 3.06. The van der Waals surface area contributed by atoms with Gasteiger partial charge in [-0.15, -0.1) is 0 Å². The van der Waals surface area contributed by atoms with Crippen molar-refractivity contribution in [1.29, 1.82) is 0 Å². The van der Waals surface area contributed by atoms with Gasteiger partial charge in [0.25, 0.3) is 0 Å². The summed E-state index contributed by atoms with van der Waals surface area (Å²) in [5.41, 5.74) is 0. The molecule has 0 heterocycles. The Morgan fingerprint density at radius 3 is 1.86 bits per heavy atom. The number of rotatable bonds is 1. The lowest BCUT2D eigenvalue weighted by molar-refractivity contribution is 1.17. The van der Waals surface area contributed by atoms with E-state index in [2.05, 4.69) is 25.3 Å². The Labute approximate surface area is 55.8 Å². The quantitative estimate of drug-likeness (QED) is 0.306. The van der Waals surface area contributed by atoms with Crippen LogP contribution < -0.4 is 0 Å². The zero-order valence-corrected chi connectivity index (χ0v) is 6.34. The minimum absolute atomic E-state index is 0.241. The molecule has 0 nitrogen and oxygen atoms in total. The van der Waals surface area contributed by atoms with E-state index in [-0.39, 0.29) is 4.08 Å². The maximum Gasteiger partial charge on any atom is 0.0704 e. The highest BCUT2D eigenvalue weighted by molar-refractivity contribution is 8.00. The molecule has 42 valence electrons. The number of hydrogen-bond acceptors (Lipinski definition) is 2. The average Bonchev–Trinajstić information content (AvgIpc) is 1.30. The molecule has 0 saturated carbocycles. The first kappa shape index (κ1) is 7.44. The molecule has 0 fully saturated rings. The fourth-order valence-corrected chi connectivity index (χ4v) is 0.614. The number of thiol groups is 2. The van der Waals surface area contributed by atoms with Crippen molar-refractivity contribution < 1.29 is 0 Å². The molecule has 0 atom stereocenters. The second-order valence-electron chi connectivity index (χ2n) is 1.59. The van der Waals surface area contributed by atoms with Crippen LogP contribution in [0.1, 0.15) is 13.8 Å². The zero-order valence-electron chi connectivity index (χ0n) is 4.55. The molecule has 0 aromatic heterocycles. The highest BCUT2D eigenvalue weighted by atomic mass is 32.2. The van der Waals surface area contributed by atoms with Crippen molar-refractivity contribution in [3.8, 4) is 0 Å². The minimum atomic E-state index is -0.241. The van der Waals surface area contributed by atoms with Crippen LogP contribution in [0.15, 0.2) is 12.2 Å². The third kappa shape index (κ3) is 6.44. The lowest BCUT2D eigenvalue weighted by atomic mass is 10.4. The van der Waals surface area contributed by atoms with E-state index in [9.17, 15) is 0 Å². The molecule has 0 saturated heterocycles. The van der Waals surface area contributed by atoms with Gasteiger partial charge in [0.1, 0.15) is 0 Å². The van der Waals surface area contributed by atoms with Crippen LogP contribution in [0, 0.1) is 0 Å². The Balaban J connectivity index is 3.56. The molecule has 0 rings (SSSR count). The highest BCUT2D eigenvalue weighted by Gasteiger charge is 2.03. The number of allylic oxidation sites excluding steroid dienone is 1. The summed E-state index contributed by atoms with van der Waals surface area (Å²) >= 11 is 8.22. The van der Waals surface area contributed by atoms with Crippen LogP contribution >= 0.6 is 25.3 Å². The predicted molar refractivity (Wildman–Crippen MR) is 41.2 cm³/mol. The number of hydrogen-bond donors (Lipinski definition) is 2. The molecule has 0 amide bonds. The largest absolute Gasteiger partial charge is 0.158 e. The summed E-state index contributed by atoms with van der Waals surface area (Å²) in [6.07, 6.45) is 3.85. The second kappa shape index (κ2) is 2.68. The van der Waals surface area contributed by atoms with E-state index in [1.165, 1.54) is 0 Å². The molecule has 7 heavy (non-hydrogen) atoms. The molecular formula is C5H10S2. The lowest BCUT2D eigenvalue weighted by Gasteiger charge is -2.07. The Kier molecular flexibility index (Phi) is 2.84. The zero-order chi connectivity index (χ0) is 5.91. The minimum Gasteiger partial charge on any atom is -0.158 e. The van der Waals surface area contributed by atoms with Crippen molar-refractivity contribution in [2.24, 2.45) is 0 Å². The first-order valence-corrected chi connectivity index (χ1v) is 3.04. The standard InChI is InChI=1S/C5H10S2/c1-3-4-5(2,6)7/h3-4,6-7H,1-2H3/b4-3+. The van der Waals surface area contributed by atoms with Crippen LogP contribution in [-0.4, -0.2) is 4.08 Å². The smallest absolute Gasteiger partial charge is 0.0704 e. The SMILES string of the molecule is C/C=C/C(C)(S)S. The average molecular weight is 134 g/mol. The topological polar surface area (TPSA) is 0 Å². The molecule has 0 aliphatic heterocycles. The van der Waals surface area contributed by atoms with Crippen LogP contribution in [0.3, 0.4) is 0 Å². The molecular weight excluding hydrogens is 124 g/mol. The summed E-state index contributed by atoms with van der Waals surface area (Å²) in [5.74, 6) is 0. The molecule has 0 aliphatic carbocycles. The molecule has 0 unspecified atom stereocenters. The normalized spacial score (nSPS) is 13.1. The third-order valence-electron chi connectivity index (χ3n) is 0.482. The Bertz CT molecular complexity index is 68.6. The Morgan fingerprint density at radius 2 is 1.86 bits per heavy atom. The highest BCUT2D eigenvalue weighted by Crippen LogP contribution is 2.18. The van der Waals surface area contributed by atoms with Gasteiger partial charge in [0.15, 0.2) is 0 Å². The fraction of sp³-hybridized carbons (Fsp3) is 0.600. The summed E-state index contributed by atoms with van der Waals surface area (Å²) < 4.78 is -0.241. The maximum atomic E-state index is 4.11. The van der Waals surface area contributed by atoms with E-state index in [0.717, 1.165) is 0 Å². The van der Waals surface area contributed by atoms with Crippen LogP contribution in [0.4, 0.5) is 0 Å². The first-order valence-electron chi connectivity index (χ1n) is 2.15. The van der Waals surface area contributed by atoms with Crippen molar-refractivity contribution in [2.75, 3.05) is 0 Å². The Hall–Kier alpha value is 0.440. The third-order valence-corrected chi connectivity index (χ3v) is 0.781. The second-order valence-corrected chi connectivity index (χ2v) is 3.80. The van der Waals surface area contributed by atoms with E-state index >= 15 is 0 Å². The maximum absolute atomic E-state index is 4.11. The van der Waals surface area contributed by atoms with Gasteiger partial charge in [-0.3, -0.25) is 0 Å². The van der Waals surface area contributed by atoms with E-state index in [0.29, 0.717) is 0 Å². The van der Waals surface area contributed by atoms with Gasteiger partial charge in [0, 0.05) is 0 Å². The summed E-state index contributed by atoms with van der Waals surface area (Å²) in [7, 11) is 0. The summed E-state index contributed by atoms with van der Waals surface area (Å²) in [4.78, 5) is 0. The lowest BCUT2D eigenvalue weighted by Crippen LogP contribution is -1.98. The van der Waals surface area contributed by atoms with E-state index < -0.39 is 0 Å². The Morgan fingerprint density at radius 1 is 1.43 bits per heavy atom. The van der Waals surface area contributed by atoms with Crippen molar-refractivity contribution >= 4 is 25.3 Å². The molecule has 0 bridgehead atoms. The van der Waals surface area contributed by atoms with Gasteiger partial charge >= 0.3 is 0 Å². The van der Waals surface area contributed by atoms with Gasteiger partial charge in [0.2, 0.25) is 0 Å². The molecule has 0 radical (unpaired) electrons. The monoisotopic (exact) mass is 134 g/mol. The molecule has 0 N–H and O–H groups in total. The predicted octanol–water partition coefficient (Wildman–Crippen LogP) is 2.14. The van der Waals surface area contributed by atoms with Crippen molar-refractivity contribution in [2.45, 2.75) is 17.9 Å². The van der Waals surface area contributed by atoms with Crippen molar-refractivity contribution in [3.05, 3.63) is 12.2 Å². The van der Waals surface area contributed by atoms with Gasteiger partial charge in [-0.25, -0.2) is 0 Å². The van der Waals surface area contributed by atoms with E-state index in [4.69, 9.17) is 0 Å². The molecule has 2 heteroatoms. The van der Waals surface area contributed by atoms with Crippen LogP contribution in [0.2, 0.25) is 0 Å². The van der Waals surface area contributed by atoms with Crippen LogP contribution in [0.25, 0.3) is 0 Å². The van der Waals surface area contributed by atoms with Gasteiger partial charge in [-0.05, 0) is 13.8 Å². The fourth-order valence-electron chi connectivity index (χ4n) is 0.316. The van der Waals surface area contributed by atoms with Gasteiger partial charge in [0.05, 0.1) is 4.08 Å². The molecule has 0 aliphatic rings. The van der Waals surface area contributed by atoms with E-state index in [1.54, 1.807) is 0 Å². The van der Waals surface area contributed by atoms with Gasteiger partial charge in [-0.2, -0.15) is 25.3 Å².